The maximum atomic E-state index is 15.2. The van der Waals surface area contributed by atoms with Gasteiger partial charge in [-0.2, -0.15) is 4.98 Å². The number of piperazine rings is 1. The molecule has 5 rings (SSSR count). The molecule has 1 saturated heterocycles. The standard InChI is InChI=1S/C28H33FN6O2/c1-6-20-15-34(27-26-24(33(5)28(36)32-27)11-12-25(30-4)31-26)17(2)14-35(20)18(3)22-10-9-21(13-23(22)29)37-16-19-7-8-19/h9-13,17-20H,6-8,14-16H2,1-3,5H3/t17-,18?,20+/m0/s1. The number of aromatic nitrogens is 3. The number of pyridine rings is 1. The van der Waals surface area contributed by atoms with Crippen LogP contribution in [0.2, 0.25) is 0 Å². The molecule has 2 aromatic heterocycles. The number of aryl methyl sites for hydroxylation is 1. The molecular formula is C28H33FN6O2. The number of ether oxygens (including phenoxy) is 1. The highest BCUT2D eigenvalue weighted by Crippen LogP contribution is 2.35. The van der Waals surface area contributed by atoms with Gasteiger partial charge in [0, 0.05) is 49.9 Å². The summed E-state index contributed by atoms with van der Waals surface area (Å²) in [5.41, 5.74) is 1.48. The molecule has 1 saturated carbocycles. The van der Waals surface area contributed by atoms with Gasteiger partial charge in [-0.15, -0.1) is 4.98 Å². The monoisotopic (exact) mass is 504 g/mol. The average molecular weight is 505 g/mol. The first-order valence-electron chi connectivity index (χ1n) is 13.0. The minimum Gasteiger partial charge on any atom is -0.493 e. The molecule has 0 spiro atoms. The minimum absolute atomic E-state index is 0.00402. The van der Waals surface area contributed by atoms with Crippen molar-refractivity contribution in [3.8, 4) is 5.75 Å². The molecular weight excluding hydrogens is 471 g/mol. The van der Waals surface area contributed by atoms with E-state index in [0.29, 0.717) is 53.8 Å². The molecule has 37 heavy (non-hydrogen) atoms. The van der Waals surface area contributed by atoms with Gasteiger partial charge in [-0.05, 0) is 57.2 Å². The first-order valence-corrected chi connectivity index (χ1v) is 13.0. The Morgan fingerprint density at radius 3 is 2.68 bits per heavy atom. The Hall–Kier alpha value is -3.51. The highest BCUT2D eigenvalue weighted by Gasteiger charge is 2.37. The van der Waals surface area contributed by atoms with Gasteiger partial charge in [0.1, 0.15) is 11.6 Å². The van der Waals surface area contributed by atoms with E-state index in [9.17, 15) is 4.79 Å². The summed E-state index contributed by atoms with van der Waals surface area (Å²) in [5, 5.41) is 0. The molecule has 0 radical (unpaired) electrons. The zero-order valence-corrected chi connectivity index (χ0v) is 21.8. The fourth-order valence-corrected chi connectivity index (χ4v) is 5.27. The lowest BCUT2D eigenvalue weighted by molar-refractivity contribution is 0.104. The highest BCUT2D eigenvalue weighted by atomic mass is 19.1. The third-order valence-electron chi connectivity index (χ3n) is 7.76. The Balaban J connectivity index is 1.42. The van der Waals surface area contributed by atoms with Crippen LogP contribution in [0.5, 0.6) is 5.75 Å². The van der Waals surface area contributed by atoms with Crippen molar-refractivity contribution in [1.82, 2.24) is 19.4 Å². The predicted octanol–water partition coefficient (Wildman–Crippen LogP) is 4.86. The number of fused-ring (bicyclic) bond motifs is 1. The van der Waals surface area contributed by atoms with E-state index in [1.54, 1.807) is 19.2 Å². The largest absolute Gasteiger partial charge is 0.493 e. The lowest BCUT2D eigenvalue weighted by atomic mass is 9.98. The van der Waals surface area contributed by atoms with E-state index in [2.05, 4.69) is 38.5 Å². The summed E-state index contributed by atoms with van der Waals surface area (Å²) in [6.07, 6.45) is 3.24. The summed E-state index contributed by atoms with van der Waals surface area (Å²) in [6, 6.07) is 8.57. The Labute approximate surface area is 216 Å². The number of benzene rings is 1. The van der Waals surface area contributed by atoms with Crippen molar-refractivity contribution in [2.75, 3.05) is 24.6 Å². The number of rotatable bonds is 7. The lowest BCUT2D eigenvalue weighted by Gasteiger charge is -2.48. The molecule has 0 amide bonds. The van der Waals surface area contributed by atoms with Gasteiger partial charge < -0.3 is 14.5 Å². The number of nitrogens with zero attached hydrogens (tertiary/aromatic N) is 6. The van der Waals surface area contributed by atoms with Crippen LogP contribution in [0.15, 0.2) is 35.1 Å². The number of hydrogen-bond acceptors (Lipinski definition) is 6. The number of anilines is 1. The van der Waals surface area contributed by atoms with E-state index in [1.807, 2.05) is 19.1 Å². The summed E-state index contributed by atoms with van der Waals surface area (Å²) in [6.45, 7) is 15.6. The molecule has 3 heterocycles. The van der Waals surface area contributed by atoms with E-state index in [4.69, 9.17) is 11.3 Å². The molecule has 3 aromatic rings. The fraction of sp³-hybridized carbons (Fsp3) is 0.500. The van der Waals surface area contributed by atoms with Crippen molar-refractivity contribution in [1.29, 1.82) is 0 Å². The predicted molar refractivity (Wildman–Crippen MR) is 142 cm³/mol. The van der Waals surface area contributed by atoms with Crippen LogP contribution in [0.1, 0.15) is 51.6 Å². The van der Waals surface area contributed by atoms with E-state index in [-0.39, 0.29) is 35.5 Å². The van der Waals surface area contributed by atoms with Crippen LogP contribution in [0.4, 0.5) is 16.0 Å². The summed E-state index contributed by atoms with van der Waals surface area (Å²) < 4.78 is 22.4. The first-order chi connectivity index (χ1) is 17.8. The second-order valence-electron chi connectivity index (χ2n) is 10.3. The highest BCUT2D eigenvalue weighted by molar-refractivity contribution is 5.87. The third-order valence-corrected chi connectivity index (χ3v) is 7.76. The zero-order chi connectivity index (χ0) is 26.3. The quantitative estimate of drug-likeness (QED) is 0.428. The van der Waals surface area contributed by atoms with Crippen LogP contribution >= 0.6 is 0 Å². The van der Waals surface area contributed by atoms with Crippen molar-refractivity contribution in [2.45, 2.75) is 58.2 Å². The van der Waals surface area contributed by atoms with E-state index < -0.39 is 0 Å². The molecule has 2 aliphatic rings. The van der Waals surface area contributed by atoms with Crippen LogP contribution in [0, 0.1) is 18.3 Å². The molecule has 9 heteroatoms. The van der Waals surface area contributed by atoms with Crippen molar-refractivity contribution in [3.05, 3.63) is 63.6 Å². The van der Waals surface area contributed by atoms with Gasteiger partial charge in [0.15, 0.2) is 5.82 Å². The second kappa shape index (κ2) is 10.1. The average Bonchev–Trinajstić information content (AvgIpc) is 3.73. The van der Waals surface area contributed by atoms with Gasteiger partial charge in [-0.25, -0.2) is 9.18 Å². The molecule has 1 aromatic carbocycles. The topological polar surface area (TPSA) is 67.9 Å². The summed E-state index contributed by atoms with van der Waals surface area (Å²) in [4.78, 5) is 29.5. The van der Waals surface area contributed by atoms with E-state index in [0.717, 1.165) is 6.42 Å². The lowest BCUT2D eigenvalue weighted by Crippen LogP contribution is -2.58. The van der Waals surface area contributed by atoms with Crippen LogP contribution in [0.3, 0.4) is 0 Å². The van der Waals surface area contributed by atoms with E-state index >= 15 is 4.39 Å². The molecule has 0 N–H and O–H groups in total. The molecule has 194 valence electrons. The maximum Gasteiger partial charge on any atom is 0.350 e. The van der Waals surface area contributed by atoms with Crippen molar-refractivity contribution >= 4 is 22.7 Å². The van der Waals surface area contributed by atoms with Crippen LogP contribution < -0.4 is 15.3 Å². The van der Waals surface area contributed by atoms with Crippen LogP contribution in [-0.2, 0) is 7.05 Å². The number of halogens is 1. The molecule has 1 aliphatic heterocycles. The van der Waals surface area contributed by atoms with Crippen molar-refractivity contribution < 1.29 is 9.13 Å². The fourth-order valence-electron chi connectivity index (χ4n) is 5.27. The summed E-state index contributed by atoms with van der Waals surface area (Å²) in [7, 11) is 1.66. The third kappa shape index (κ3) is 4.90. The van der Waals surface area contributed by atoms with Gasteiger partial charge in [0.25, 0.3) is 5.82 Å². The second-order valence-corrected chi connectivity index (χ2v) is 10.3. The smallest absolute Gasteiger partial charge is 0.350 e. The Morgan fingerprint density at radius 2 is 2.00 bits per heavy atom. The molecule has 2 fully saturated rings. The summed E-state index contributed by atoms with van der Waals surface area (Å²) in [5.74, 6) is 1.72. The Morgan fingerprint density at radius 1 is 1.22 bits per heavy atom. The van der Waals surface area contributed by atoms with Crippen LogP contribution in [-0.4, -0.2) is 51.2 Å². The molecule has 3 atom stereocenters. The first kappa shape index (κ1) is 25.2. The van der Waals surface area contributed by atoms with Gasteiger partial charge in [-0.1, -0.05) is 19.6 Å². The van der Waals surface area contributed by atoms with E-state index in [1.165, 1.54) is 23.5 Å². The van der Waals surface area contributed by atoms with Gasteiger partial charge in [0.2, 0.25) is 5.52 Å². The van der Waals surface area contributed by atoms with Crippen molar-refractivity contribution in [2.24, 2.45) is 13.0 Å². The normalized spacial score (nSPS) is 21.1. The van der Waals surface area contributed by atoms with Gasteiger partial charge in [-0.3, -0.25) is 9.47 Å². The number of hydrogen-bond donors (Lipinski definition) is 0. The zero-order valence-electron chi connectivity index (χ0n) is 21.8. The van der Waals surface area contributed by atoms with Gasteiger partial charge in [0.05, 0.1) is 12.1 Å². The minimum atomic E-state index is -0.359. The van der Waals surface area contributed by atoms with Crippen molar-refractivity contribution in [3.63, 3.8) is 0 Å². The van der Waals surface area contributed by atoms with Gasteiger partial charge >= 0.3 is 5.69 Å². The molecule has 1 unspecified atom stereocenters. The SMILES string of the molecule is [C-]#[N+]c1ccc2c(n1)c(N1C[C@@H](CC)N(C(C)c3ccc(OCC4CC4)cc3F)C[C@@H]1C)nc(=O)n2C. The van der Waals surface area contributed by atoms with Crippen LogP contribution in [0.25, 0.3) is 15.9 Å². The Kier molecular flexibility index (Phi) is 6.86. The molecule has 8 nitrogen and oxygen atoms in total. The maximum absolute atomic E-state index is 15.2. The molecule has 1 aliphatic carbocycles. The summed E-state index contributed by atoms with van der Waals surface area (Å²) >= 11 is 0. The molecule has 0 bridgehead atoms. The Bertz CT molecular complexity index is 1410.